The van der Waals surface area contributed by atoms with Gasteiger partial charge in [-0.05, 0) is 37.0 Å². The van der Waals surface area contributed by atoms with Gasteiger partial charge in [-0.15, -0.1) is 11.3 Å². The number of rotatable bonds is 3. The summed E-state index contributed by atoms with van der Waals surface area (Å²) in [6, 6.07) is 4.92. The second-order valence-corrected chi connectivity index (χ2v) is 7.49. The minimum Gasteiger partial charge on any atom is -0.384 e. The van der Waals surface area contributed by atoms with Crippen LogP contribution in [0.2, 0.25) is 0 Å². The molecule has 1 aliphatic rings. The van der Waals surface area contributed by atoms with Crippen molar-refractivity contribution in [3.05, 3.63) is 34.3 Å². The average molecular weight is 320 g/mol. The van der Waals surface area contributed by atoms with Gasteiger partial charge in [-0.25, -0.2) is 13.4 Å². The molecular weight excluding hydrogens is 308 g/mol. The molecule has 2 heterocycles. The van der Waals surface area contributed by atoms with Gasteiger partial charge in [0.25, 0.3) is 10.0 Å². The molecule has 0 saturated carbocycles. The predicted molar refractivity (Wildman–Crippen MR) is 80.5 cm³/mol. The number of thiophene rings is 1. The fourth-order valence-corrected chi connectivity index (χ4v) is 4.82. The smallest absolute Gasteiger partial charge is 0.264 e. The van der Waals surface area contributed by atoms with Crippen LogP contribution in [0.4, 0.5) is 10.8 Å². The van der Waals surface area contributed by atoms with Crippen LogP contribution in [0.3, 0.4) is 0 Å². The molecule has 2 aromatic rings. The van der Waals surface area contributed by atoms with E-state index in [1.807, 2.05) is 0 Å². The highest BCUT2D eigenvalue weighted by atomic mass is 32.2. The van der Waals surface area contributed by atoms with Gasteiger partial charge in [0, 0.05) is 11.1 Å². The van der Waals surface area contributed by atoms with E-state index in [2.05, 4.69) is 15.8 Å². The normalized spacial score (nSPS) is 13.7. The van der Waals surface area contributed by atoms with Crippen LogP contribution in [0.1, 0.15) is 22.4 Å². The molecule has 3 rings (SSSR count). The second-order valence-electron chi connectivity index (χ2n) is 4.70. The first-order valence-corrected chi connectivity index (χ1v) is 8.60. The summed E-state index contributed by atoms with van der Waals surface area (Å²) in [5.41, 5.74) is 6.88. The maximum Gasteiger partial charge on any atom is 0.264 e. The molecule has 0 spiro atoms. The van der Waals surface area contributed by atoms with Crippen LogP contribution in [0.25, 0.3) is 0 Å². The number of pyridine rings is 1. The summed E-state index contributed by atoms with van der Waals surface area (Å²) < 4.78 is 27.1. The Morgan fingerprint density at radius 2 is 2.19 bits per heavy atom. The van der Waals surface area contributed by atoms with Crippen molar-refractivity contribution in [1.82, 2.24) is 4.98 Å². The fourth-order valence-electron chi connectivity index (χ4n) is 2.33. The van der Waals surface area contributed by atoms with Crippen molar-refractivity contribution in [3.8, 4) is 6.07 Å². The van der Waals surface area contributed by atoms with Crippen molar-refractivity contribution in [2.24, 2.45) is 0 Å². The molecule has 0 atom stereocenters. The lowest BCUT2D eigenvalue weighted by Gasteiger charge is -2.06. The first-order valence-electron chi connectivity index (χ1n) is 6.30. The van der Waals surface area contributed by atoms with E-state index >= 15 is 0 Å². The van der Waals surface area contributed by atoms with E-state index in [4.69, 9.17) is 5.73 Å². The van der Waals surface area contributed by atoms with E-state index in [0.717, 1.165) is 29.7 Å². The lowest BCUT2D eigenvalue weighted by molar-refractivity contribution is 0.601. The molecule has 0 bridgehead atoms. The summed E-state index contributed by atoms with van der Waals surface area (Å²) in [6.07, 6.45) is 3.95. The van der Waals surface area contributed by atoms with E-state index in [9.17, 15) is 13.7 Å². The molecular formula is C13H12N4O2S2. The number of aryl methyl sites for hydroxylation is 1. The summed E-state index contributed by atoms with van der Waals surface area (Å²) >= 11 is 1.34. The molecule has 0 aliphatic heterocycles. The van der Waals surface area contributed by atoms with E-state index in [1.165, 1.54) is 29.7 Å². The zero-order chi connectivity index (χ0) is 15.0. The number of aromatic nitrogens is 1. The molecule has 0 fully saturated rings. The Morgan fingerprint density at radius 1 is 1.38 bits per heavy atom. The van der Waals surface area contributed by atoms with Gasteiger partial charge in [0.05, 0.1) is 5.56 Å². The Bertz CT molecular complexity index is 832. The Morgan fingerprint density at radius 3 is 2.86 bits per heavy atom. The minimum absolute atomic E-state index is 0.0224. The van der Waals surface area contributed by atoms with Crippen LogP contribution in [0.15, 0.2) is 23.2 Å². The molecule has 0 unspecified atom stereocenters. The Labute approximate surface area is 126 Å². The molecule has 21 heavy (non-hydrogen) atoms. The Balaban J connectivity index is 1.97. The number of hydrogen-bond acceptors (Lipinski definition) is 6. The van der Waals surface area contributed by atoms with Crippen molar-refractivity contribution in [2.45, 2.75) is 24.2 Å². The molecule has 0 radical (unpaired) electrons. The SMILES string of the molecule is N#Cc1c(NS(=O)(=O)c2ccc(N)nc2)sc2c1CCC2. The molecule has 0 aromatic carbocycles. The maximum atomic E-state index is 12.3. The third-order valence-electron chi connectivity index (χ3n) is 3.33. The molecule has 3 N–H and O–H groups in total. The molecule has 0 saturated heterocycles. The average Bonchev–Trinajstić information content (AvgIpc) is 2.99. The van der Waals surface area contributed by atoms with Gasteiger partial charge in [-0.2, -0.15) is 5.26 Å². The number of nitrogens with zero attached hydrogens (tertiary/aromatic N) is 2. The summed E-state index contributed by atoms with van der Waals surface area (Å²) in [4.78, 5) is 4.90. The molecule has 1 aliphatic carbocycles. The molecule has 108 valence electrons. The van der Waals surface area contributed by atoms with Crippen LogP contribution in [0, 0.1) is 11.3 Å². The summed E-state index contributed by atoms with van der Waals surface area (Å²) in [6.45, 7) is 0. The summed E-state index contributed by atoms with van der Waals surface area (Å²) in [5, 5.41) is 9.66. The largest absolute Gasteiger partial charge is 0.384 e. The number of hydrogen-bond donors (Lipinski definition) is 2. The lowest BCUT2D eigenvalue weighted by atomic mass is 10.1. The highest BCUT2D eigenvalue weighted by Crippen LogP contribution is 2.39. The van der Waals surface area contributed by atoms with Gasteiger partial charge < -0.3 is 5.73 Å². The van der Waals surface area contributed by atoms with Crippen LogP contribution < -0.4 is 10.5 Å². The molecule has 8 heteroatoms. The molecule has 0 amide bonds. The van der Waals surface area contributed by atoms with Gasteiger partial charge in [0.2, 0.25) is 0 Å². The van der Waals surface area contributed by atoms with Crippen LogP contribution in [-0.2, 0) is 22.9 Å². The number of fused-ring (bicyclic) bond motifs is 1. The van der Waals surface area contributed by atoms with Crippen molar-refractivity contribution < 1.29 is 8.42 Å². The zero-order valence-corrected chi connectivity index (χ0v) is 12.6. The standard InChI is InChI=1S/C13H12N4O2S2/c14-6-10-9-2-1-3-11(9)20-13(10)17-21(18,19)8-4-5-12(15)16-7-8/h4-5,7,17H,1-3H2,(H2,15,16). The maximum absolute atomic E-state index is 12.3. The zero-order valence-electron chi connectivity index (χ0n) is 11.0. The highest BCUT2D eigenvalue weighted by molar-refractivity contribution is 7.93. The lowest BCUT2D eigenvalue weighted by Crippen LogP contribution is -2.13. The molecule has 2 aromatic heterocycles. The van der Waals surface area contributed by atoms with Gasteiger partial charge in [0.1, 0.15) is 21.8 Å². The van der Waals surface area contributed by atoms with Crippen LogP contribution >= 0.6 is 11.3 Å². The second kappa shape index (κ2) is 5.02. The first kappa shape index (κ1) is 13.9. The van der Waals surface area contributed by atoms with Gasteiger partial charge >= 0.3 is 0 Å². The third kappa shape index (κ3) is 2.46. The summed E-state index contributed by atoms with van der Waals surface area (Å²) in [7, 11) is -3.76. The van der Waals surface area contributed by atoms with E-state index in [1.54, 1.807) is 0 Å². The number of nitrogen functional groups attached to an aromatic ring is 1. The topological polar surface area (TPSA) is 109 Å². The van der Waals surface area contributed by atoms with Crippen LogP contribution in [0.5, 0.6) is 0 Å². The quantitative estimate of drug-likeness (QED) is 0.897. The van der Waals surface area contributed by atoms with Crippen molar-refractivity contribution in [2.75, 3.05) is 10.5 Å². The number of nitriles is 1. The van der Waals surface area contributed by atoms with Gasteiger partial charge in [0.15, 0.2) is 0 Å². The van der Waals surface area contributed by atoms with E-state index < -0.39 is 10.0 Å². The Kier molecular flexibility index (Phi) is 3.31. The van der Waals surface area contributed by atoms with Gasteiger partial charge in [-0.3, -0.25) is 4.72 Å². The Hall–Kier alpha value is -2.11. The minimum atomic E-state index is -3.76. The summed E-state index contributed by atoms with van der Waals surface area (Å²) in [5.74, 6) is 0.252. The van der Waals surface area contributed by atoms with E-state index in [-0.39, 0.29) is 10.7 Å². The number of nitrogens with two attached hydrogens (primary N) is 1. The van der Waals surface area contributed by atoms with Crippen molar-refractivity contribution in [3.63, 3.8) is 0 Å². The predicted octanol–water partition coefficient (Wildman–Crippen LogP) is 1.89. The number of sulfonamides is 1. The monoisotopic (exact) mass is 320 g/mol. The van der Waals surface area contributed by atoms with Crippen molar-refractivity contribution in [1.29, 1.82) is 5.26 Å². The van der Waals surface area contributed by atoms with Crippen LogP contribution in [-0.4, -0.2) is 13.4 Å². The van der Waals surface area contributed by atoms with E-state index in [0.29, 0.717) is 10.6 Å². The molecule has 6 nitrogen and oxygen atoms in total. The number of anilines is 2. The highest BCUT2D eigenvalue weighted by Gasteiger charge is 2.25. The third-order valence-corrected chi connectivity index (χ3v) is 6.00. The first-order chi connectivity index (χ1) is 10.0. The van der Waals surface area contributed by atoms with Crippen molar-refractivity contribution >= 4 is 32.2 Å². The van der Waals surface area contributed by atoms with Gasteiger partial charge in [-0.1, -0.05) is 0 Å². The number of nitrogens with one attached hydrogen (secondary N) is 1. The fraction of sp³-hybridized carbons (Fsp3) is 0.231.